The highest BCUT2D eigenvalue weighted by Gasteiger charge is 2.16. The Kier molecular flexibility index (Phi) is 4.76. The van der Waals surface area contributed by atoms with Crippen molar-refractivity contribution < 1.29 is 4.79 Å². The minimum Gasteiger partial charge on any atom is -0.350 e. The van der Waals surface area contributed by atoms with E-state index in [0.29, 0.717) is 6.54 Å². The molecule has 0 aliphatic heterocycles. The largest absolute Gasteiger partial charge is 0.350 e. The first-order chi connectivity index (χ1) is 7.02. The molecule has 0 aromatic carbocycles. The van der Waals surface area contributed by atoms with E-state index in [-0.39, 0.29) is 11.8 Å². The van der Waals surface area contributed by atoms with E-state index in [9.17, 15) is 4.79 Å². The van der Waals surface area contributed by atoms with Crippen LogP contribution in [0, 0.1) is 5.92 Å². The molecule has 0 fully saturated rings. The standard InChI is InChI=1S/C10H15BrN2OS/c1-6(2)9(12)10(14)13-5-8-7(11)3-4-15-8/h3-4,6,9H,5,12H2,1-2H3,(H,13,14). The van der Waals surface area contributed by atoms with Crippen molar-refractivity contribution in [3.8, 4) is 0 Å². The Bertz CT molecular complexity index is 338. The zero-order valence-corrected chi connectivity index (χ0v) is 11.2. The third-order valence-corrected chi connectivity index (χ3v) is 4.06. The van der Waals surface area contributed by atoms with Crippen LogP contribution in [0.15, 0.2) is 15.9 Å². The van der Waals surface area contributed by atoms with Crippen LogP contribution in [0.4, 0.5) is 0 Å². The molecule has 0 aliphatic rings. The molecule has 1 unspecified atom stereocenters. The summed E-state index contributed by atoms with van der Waals surface area (Å²) in [6.45, 7) is 4.41. The summed E-state index contributed by atoms with van der Waals surface area (Å²) < 4.78 is 1.03. The van der Waals surface area contributed by atoms with Gasteiger partial charge >= 0.3 is 0 Å². The van der Waals surface area contributed by atoms with Crippen molar-refractivity contribution in [2.24, 2.45) is 11.7 Å². The summed E-state index contributed by atoms with van der Waals surface area (Å²) in [5.74, 6) is 0.0714. The van der Waals surface area contributed by atoms with Crippen molar-refractivity contribution in [3.63, 3.8) is 0 Å². The topological polar surface area (TPSA) is 55.1 Å². The summed E-state index contributed by atoms with van der Waals surface area (Å²) in [5, 5.41) is 4.80. The Morgan fingerprint density at radius 2 is 2.33 bits per heavy atom. The highest BCUT2D eigenvalue weighted by atomic mass is 79.9. The highest BCUT2D eigenvalue weighted by molar-refractivity contribution is 9.10. The second-order valence-corrected chi connectivity index (χ2v) is 5.53. The molecule has 1 rings (SSSR count). The van der Waals surface area contributed by atoms with E-state index in [2.05, 4.69) is 21.2 Å². The van der Waals surface area contributed by atoms with Gasteiger partial charge in [-0.2, -0.15) is 0 Å². The van der Waals surface area contributed by atoms with Crippen molar-refractivity contribution in [2.75, 3.05) is 0 Å². The van der Waals surface area contributed by atoms with Gasteiger partial charge in [0.25, 0.3) is 0 Å². The smallest absolute Gasteiger partial charge is 0.237 e. The molecule has 84 valence electrons. The quantitative estimate of drug-likeness (QED) is 0.892. The minimum atomic E-state index is -0.427. The van der Waals surface area contributed by atoms with Crippen LogP contribution in [0.3, 0.4) is 0 Å². The predicted octanol–water partition coefficient (Wildman–Crippen LogP) is 2.11. The lowest BCUT2D eigenvalue weighted by Crippen LogP contribution is -2.43. The molecular formula is C10H15BrN2OS. The van der Waals surface area contributed by atoms with E-state index in [1.165, 1.54) is 0 Å². The molecule has 1 aromatic heterocycles. The normalized spacial score (nSPS) is 12.9. The fourth-order valence-corrected chi connectivity index (χ4v) is 2.47. The SMILES string of the molecule is CC(C)C(N)C(=O)NCc1sccc1Br. The Morgan fingerprint density at radius 3 is 2.80 bits per heavy atom. The number of carbonyl (C=O) groups is 1. The fourth-order valence-electron chi connectivity index (χ4n) is 1.04. The van der Waals surface area contributed by atoms with Crippen LogP contribution in [-0.4, -0.2) is 11.9 Å². The Hall–Kier alpha value is -0.390. The molecule has 0 spiro atoms. The average molecular weight is 291 g/mol. The molecule has 0 radical (unpaired) electrons. The zero-order valence-electron chi connectivity index (χ0n) is 8.79. The van der Waals surface area contributed by atoms with Crippen molar-refractivity contribution in [1.82, 2.24) is 5.32 Å². The molecule has 3 N–H and O–H groups in total. The molecule has 1 amide bonds. The predicted molar refractivity (Wildman–Crippen MR) is 66.7 cm³/mol. The van der Waals surface area contributed by atoms with Gasteiger partial charge in [0.15, 0.2) is 0 Å². The van der Waals surface area contributed by atoms with E-state index in [1.54, 1.807) is 11.3 Å². The van der Waals surface area contributed by atoms with Gasteiger partial charge in [-0.1, -0.05) is 13.8 Å². The van der Waals surface area contributed by atoms with E-state index < -0.39 is 6.04 Å². The lowest BCUT2D eigenvalue weighted by Gasteiger charge is -2.14. The van der Waals surface area contributed by atoms with Crippen LogP contribution < -0.4 is 11.1 Å². The molecule has 3 nitrogen and oxygen atoms in total. The monoisotopic (exact) mass is 290 g/mol. The van der Waals surface area contributed by atoms with Crippen LogP contribution in [0.25, 0.3) is 0 Å². The number of halogens is 1. The second kappa shape index (κ2) is 5.63. The van der Waals surface area contributed by atoms with Crippen molar-refractivity contribution in [2.45, 2.75) is 26.4 Å². The number of amides is 1. The number of carbonyl (C=O) groups excluding carboxylic acids is 1. The van der Waals surface area contributed by atoms with Gasteiger partial charge in [0, 0.05) is 9.35 Å². The maximum Gasteiger partial charge on any atom is 0.237 e. The van der Waals surface area contributed by atoms with Gasteiger partial charge in [0.2, 0.25) is 5.91 Å². The van der Waals surface area contributed by atoms with Crippen molar-refractivity contribution in [1.29, 1.82) is 0 Å². The van der Waals surface area contributed by atoms with Gasteiger partial charge in [-0.15, -0.1) is 11.3 Å². The van der Waals surface area contributed by atoms with Crippen LogP contribution in [-0.2, 0) is 11.3 Å². The Labute approximate surface area is 102 Å². The molecule has 0 saturated carbocycles. The number of nitrogens with two attached hydrogens (primary N) is 1. The fraction of sp³-hybridized carbons (Fsp3) is 0.500. The van der Waals surface area contributed by atoms with Gasteiger partial charge in [-0.3, -0.25) is 4.79 Å². The second-order valence-electron chi connectivity index (χ2n) is 3.68. The van der Waals surface area contributed by atoms with Gasteiger partial charge in [-0.25, -0.2) is 0 Å². The van der Waals surface area contributed by atoms with Gasteiger partial charge in [-0.05, 0) is 33.3 Å². The zero-order chi connectivity index (χ0) is 11.4. The first-order valence-electron chi connectivity index (χ1n) is 4.77. The number of hydrogen-bond acceptors (Lipinski definition) is 3. The maximum absolute atomic E-state index is 11.5. The van der Waals surface area contributed by atoms with E-state index >= 15 is 0 Å². The lowest BCUT2D eigenvalue weighted by atomic mass is 10.1. The van der Waals surface area contributed by atoms with Crippen molar-refractivity contribution in [3.05, 3.63) is 20.8 Å². The third-order valence-electron chi connectivity index (χ3n) is 2.14. The molecular weight excluding hydrogens is 276 g/mol. The van der Waals surface area contributed by atoms with Crippen LogP contribution >= 0.6 is 27.3 Å². The molecule has 1 heterocycles. The number of hydrogen-bond donors (Lipinski definition) is 2. The van der Waals surface area contributed by atoms with Crippen molar-refractivity contribution >= 4 is 33.2 Å². The lowest BCUT2D eigenvalue weighted by molar-refractivity contribution is -0.123. The molecule has 1 atom stereocenters. The summed E-state index contributed by atoms with van der Waals surface area (Å²) in [5.41, 5.74) is 5.72. The minimum absolute atomic E-state index is 0.0923. The van der Waals surface area contributed by atoms with E-state index in [0.717, 1.165) is 9.35 Å². The molecule has 0 aliphatic carbocycles. The molecule has 5 heteroatoms. The van der Waals surface area contributed by atoms with E-state index in [4.69, 9.17) is 5.73 Å². The number of nitrogens with one attached hydrogen (secondary N) is 1. The summed E-state index contributed by atoms with van der Waals surface area (Å²) in [4.78, 5) is 12.7. The molecule has 15 heavy (non-hydrogen) atoms. The van der Waals surface area contributed by atoms with Crippen LogP contribution in [0.5, 0.6) is 0 Å². The first-order valence-corrected chi connectivity index (χ1v) is 6.44. The molecule has 1 aromatic rings. The van der Waals surface area contributed by atoms with Gasteiger partial charge < -0.3 is 11.1 Å². The number of thiophene rings is 1. The summed E-state index contributed by atoms with van der Waals surface area (Å²) in [6, 6.07) is 1.54. The highest BCUT2D eigenvalue weighted by Crippen LogP contribution is 2.22. The Morgan fingerprint density at radius 1 is 1.67 bits per heavy atom. The summed E-state index contributed by atoms with van der Waals surface area (Å²) in [7, 11) is 0. The molecule has 0 bridgehead atoms. The average Bonchev–Trinajstić information content (AvgIpc) is 2.59. The summed E-state index contributed by atoms with van der Waals surface area (Å²) >= 11 is 5.02. The van der Waals surface area contributed by atoms with Crippen LogP contribution in [0.2, 0.25) is 0 Å². The Balaban J connectivity index is 2.44. The molecule has 0 saturated heterocycles. The number of rotatable bonds is 4. The van der Waals surface area contributed by atoms with E-state index in [1.807, 2.05) is 25.3 Å². The first kappa shape index (κ1) is 12.7. The van der Waals surface area contributed by atoms with Crippen LogP contribution in [0.1, 0.15) is 18.7 Å². The van der Waals surface area contributed by atoms with Gasteiger partial charge in [0.05, 0.1) is 12.6 Å². The van der Waals surface area contributed by atoms with Gasteiger partial charge in [0.1, 0.15) is 0 Å². The summed E-state index contributed by atoms with van der Waals surface area (Å²) in [6.07, 6.45) is 0. The maximum atomic E-state index is 11.5. The third kappa shape index (κ3) is 3.59.